The highest BCUT2D eigenvalue weighted by atomic mass is 32.2. The summed E-state index contributed by atoms with van der Waals surface area (Å²) in [7, 11) is -1.67. The van der Waals surface area contributed by atoms with E-state index in [-0.39, 0.29) is 11.9 Å². The van der Waals surface area contributed by atoms with Crippen LogP contribution >= 0.6 is 0 Å². The fourth-order valence-electron chi connectivity index (χ4n) is 2.02. The van der Waals surface area contributed by atoms with Gasteiger partial charge in [0.1, 0.15) is 0 Å². The molecule has 0 saturated carbocycles. The van der Waals surface area contributed by atoms with E-state index in [0.717, 1.165) is 19.5 Å². The molecule has 17 heavy (non-hydrogen) atoms. The van der Waals surface area contributed by atoms with E-state index in [9.17, 15) is 8.42 Å². The lowest BCUT2D eigenvalue weighted by atomic mass is 9.96. The molecule has 0 spiro atoms. The lowest BCUT2D eigenvalue weighted by Crippen LogP contribution is -2.35. The maximum absolute atomic E-state index is 11.6. The molecule has 1 fully saturated rings. The third-order valence-electron chi connectivity index (χ3n) is 3.13. The smallest absolute Gasteiger partial charge is 0.214 e. The first-order valence-electron chi connectivity index (χ1n) is 6.24. The molecule has 0 aromatic carbocycles. The molecule has 6 heteroatoms. The molecule has 5 nitrogen and oxygen atoms in total. The SMILES string of the molecule is COC(C)CS(=O)(=O)NCCC1CCCNC1. The van der Waals surface area contributed by atoms with Crippen molar-refractivity contribution >= 4 is 10.0 Å². The van der Waals surface area contributed by atoms with Crippen LogP contribution in [0.2, 0.25) is 0 Å². The van der Waals surface area contributed by atoms with Crippen molar-refractivity contribution in [1.82, 2.24) is 10.0 Å². The van der Waals surface area contributed by atoms with Crippen LogP contribution in [0.25, 0.3) is 0 Å². The molecule has 0 aliphatic carbocycles. The zero-order valence-corrected chi connectivity index (χ0v) is 11.6. The molecule has 102 valence electrons. The average molecular weight is 264 g/mol. The van der Waals surface area contributed by atoms with Gasteiger partial charge in [-0.3, -0.25) is 0 Å². The van der Waals surface area contributed by atoms with Gasteiger partial charge in [-0.2, -0.15) is 0 Å². The van der Waals surface area contributed by atoms with Crippen molar-refractivity contribution in [3.8, 4) is 0 Å². The van der Waals surface area contributed by atoms with Crippen LogP contribution in [-0.4, -0.2) is 47.0 Å². The average Bonchev–Trinajstić information content (AvgIpc) is 2.29. The van der Waals surface area contributed by atoms with Crippen LogP contribution in [0.4, 0.5) is 0 Å². The van der Waals surface area contributed by atoms with Crippen LogP contribution in [-0.2, 0) is 14.8 Å². The first kappa shape index (κ1) is 14.9. The molecule has 0 amide bonds. The summed E-state index contributed by atoms with van der Waals surface area (Å²) in [6, 6.07) is 0. The predicted octanol–water partition coefficient (Wildman–Crippen LogP) is 0.330. The van der Waals surface area contributed by atoms with Gasteiger partial charge in [0.25, 0.3) is 0 Å². The summed E-state index contributed by atoms with van der Waals surface area (Å²) in [5, 5.41) is 3.33. The van der Waals surface area contributed by atoms with Crippen molar-refractivity contribution < 1.29 is 13.2 Å². The highest BCUT2D eigenvalue weighted by molar-refractivity contribution is 7.89. The number of piperidine rings is 1. The zero-order valence-electron chi connectivity index (χ0n) is 10.7. The maximum atomic E-state index is 11.6. The van der Waals surface area contributed by atoms with Gasteiger partial charge < -0.3 is 10.1 Å². The number of methoxy groups -OCH3 is 1. The van der Waals surface area contributed by atoms with E-state index >= 15 is 0 Å². The van der Waals surface area contributed by atoms with E-state index < -0.39 is 10.0 Å². The summed E-state index contributed by atoms with van der Waals surface area (Å²) in [4.78, 5) is 0. The second kappa shape index (κ2) is 7.31. The van der Waals surface area contributed by atoms with Gasteiger partial charge >= 0.3 is 0 Å². The molecular formula is C11H24N2O3S. The van der Waals surface area contributed by atoms with Gasteiger partial charge in [0.05, 0.1) is 11.9 Å². The number of ether oxygens (including phenoxy) is 1. The summed E-state index contributed by atoms with van der Waals surface area (Å²) in [6.07, 6.45) is 3.04. The Morgan fingerprint density at radius 3 is 2.88 bits per heavy atom. The van der Waals surface area contributed by atoms with E-state index in [4.69, 9.17) is 4.74 Å². The number of sulfonamides is 1. The molecule has 0 bridgehead atoms. The lowest BCUT2D eigenvalue weighted by Gasteiger charge is -2.22. The number of nitrogens with one attached hydrogen (secondary N) is 2. The van der Waals surface area contributed by atoms with Crippen LogP contribution in [0.5, 0.6) is 0 Å². The van der Waals surface area contributed by atoms with Gasteiger partial charge in [0, 0.05) is 13.7 Å². The molecule has 1 aliphatic heterocycles. The van der Waals surface area contributed by atoms with Crippen molar-refractivity contribution in [2.75, 3.05) is 32.5 Å². The normalized spacial score (nSPS) is 23.5. The maximum Gasteiger partial charge on any atom is 0.214 e. The predicted molar refractivity (Wildman–Crippen MR) is 68.5 cm³/mol. The number of hydrogen-bond donors (Lipinski definition) is 2. The van der Waals surface area contributed by atoms with E-state index in [1.165, 1.54) is 20.0 Å². The molecule has 0 aromatic rings. The van der Waals surface area contributed by atoms with Crippen molar-refractivity contribution in [1.29, 1.82) is 0 Å². The van der Waals surface area contributed by atoms with Gasteiger partial charge in [-0.25, -0.2) is 13.1 Å². The third kappa shape index (κ3) is 6.35. The molecule has 2 N–H and O–H groups in total. The van der Waals surface area contributed by atoms with Gasteiger partial charge in [-0.05, 0) is 45.2 Å². The Bertz CT molecular complexity index is 300. The van der Waals surface area contributed by atoms with Crippen LogP contribution in [0.1, 0.15) is 26.2 Å². The molecule has 1 saturated heterocycles. The summed E-state index contributed by atoms with van der Waals surface area (Å²) in [5.41, 5.74) is 0. The molecule has 1 aliphatic rings. The molecular weight excluding hydrogens is 240 g/mol. The zero-order chi connectivity index (χ0) is 12.7. The minimum atomic E-state index is -3.19. The summed E-state index contributed by atoms with van der Waals surface area (Å²) in [5.74, 6) is 0.637. The second-order valence-electron chi connectivity index (χ2n) is 4.72. The molecule has 1 heterocycles. The summed E-state index contributed by atoms with van der Waals surface area (Å²) < 4.78 is 30.9. The van der Waals surface area contributed by atoms with Crippen molar-refractivity contribution in [2.45, 2.75) is 32.3 Å². The lowest BCUT2D eigenvalue weighted by molar-refractivity contribution is 0.136. The minimum absolute atomic E-state index is 0.0341. The molecule has 0 radical (unpaired) electrons. The minimum Gasteiger partial charge on any atom is -0.381 e. The fraction of sp³-hybridized carbons (Fsp3) is 1.00. The number of hydrogen-bond acceptors (Lipinski definition) is 4. The molecule has 0 aromatic heterocycles. The highest BCUT2D eigenvalue weighted by Gasteiger charge is 2.17. The quantitative estimate of drug-likeness (QED) is 0.695. The summed E-state index contributed by atoms with van der Waals surface area (Å²) >= 11 is 0. The molecule has 2 unspecified atom stereocenters. The van der Waals surface area contributed by atoms with E-state index in [2.05, 4.69) is 10.0 Å². The second-order valence-corrected chi connectivity index (χ2v) is 6.57. The summed E-state index contributed by atoms with van der Waals surface area (Å²) in [6.45, 7) is 4.39. The van der Waals surface area contributed by atoms with Crippen LogP contribution in [0.15, 0.2) is 0 Å². The van der Waals surface area contributed by atoms with Gasteiger partial charge in [0.15, 0.2) is 0 Å². The van der Waals surface area contributed by atoms with Crippen LogP contribution in [0, 0.1) is 5.92 Å². The topological polar surface area (TPSA) is 67.4 Å². The molecule has 1 rings (SSSR count). The Kier molecular flexibility index (Phi) is 6.40. The Labute approximate surface area is 104 Å². The highest BCUT2D eigenvalue weighted by Crippen LogP contribution is 2.13. The standard InChI is InChI=1S/C11H24N2O3S/c1-10(16-2)9-17(14,15)13-7-5-11-4-3-6-12-8-11/h10-13H,3-9H2,1-2H3. The van der Waals surface area contributed by atoms with Crippen LogP contribution in [0.3, 0.4) is 0 Å². The van der Waals surface area contributed by atoms with Crippen molar-refractivity contribution in [3.05, 3.63) is 0 Å². The van der Waals surface area contributed by atoms with Gasteiger partial charge in [-0.15, -0.1) is 0 Å². The molecule has 2 atom stereocenters. The number of rotatable bonds is 7. The first-order chi connectivity index (χ1) is 8.03. The van der Waals surface area contributed by atoms with E-state index in [1.807, 2.05) is 0 Å². The van der Waals surface area contributed by atoms with Crippen LogP contribution < -0.4 is 10.0 Å². The Balaban J connectivity index is 2.20. The van der Waals surface area contributed by atoms with Gasteiger partial charge in [-0.1, -0.05) is 0 Å². The monoisotopic (exact) mass is 264 g/mol. The Hall–Kier alpha value is -0.170. The third-order valence-corrected chi connectivity index (χ3v) is 4.68. The van der Waals surface area contributed by atoms with E-state index in [1.54, 1.807) is 6.92 Å². The van der Waals surface area contributed by atoms with Crippen molar-refractivity contribution in [3.63, 3.8) is 0 Å². The fourth-order valence-corrected chi connectivity index (χ4v) is 3.33. The van der Waals surface area contributed by atoms with Crippen molar-refractivity contribution in [2.24, 2.45) is 5.92 Å². The van der Waals surface area contributed by atoms with E-state index in [0.29, 0.717) is 12.5 Å². The largest absolute Gasteiger partial charge is 0.381 e. The van der Waals surface area contributed by atoms with Gasteiger partial charge in [0.2, 0.25) is 10.0 Å². The Morgan fingerprint density at radius 2 is 2.29 bits per heavy atom. The Morgan fingerprint density at radius 1 is 1.53 bits per heavy atom. The first-order valence-corrected chi connectivity index (χ1v) is 7.89.